The Morgan fingerprint density at radius 3 is 2.40 bits per heavy atom. The molecule has 1 aliphatic heterocycles. The van der Waals surface area contributed by atoms with Crippen molar-refractivity contribution in [2.75, 3.05) is 31.1 Å². The topological polar surface area (TPSA) is 41.4 Å². The number of aromatic nitrogens is 2. The summed E-state index contributed by atoms with van der Waals surface area (Å²) >= 11 is 0. The summed E-state index contributed by atoms with van der Waals surface area (Å²) in [7, 11) is 0. The largest absolute Gasteiger partial charge is 0.416 e. The molecule has 156 valence electrons. The Morgan fingerprint density at radius 2 is 1.70 bits per heavy atom. The molecule has 30 heavy (non-hydrogen) atoms. The number of alkyl halides is 3. The zero-order valence-electron chi connectivity index (χ0n) is 16.2. The Bertz CT molecular complexity index is 1010. The molecule has 5 nitrogen and oxygen atoms in total. The van der Waals surface area contributed by atoms with Gasteiger partial charge in [-0.2, -0.15) is 18.3 Å². The molecule has 4 rings (SSSR count). The first-order valence-electron chi connectivity index (χ1n) is 9.68. The number of piperazine rings is 1. The highest BCUT2D eigenvalue weighted by Gasteiger charge is 2.31. The second-order valence-corrected chi connectivity index (χ2v) is 7.24. The van der Waals surface area contributed by atoms with Gasteiger partial charge in [0, 0.05) is 38.1 Å². The lowest BCUT2D eigenvalue weighted by Crippen LogP contribution is -2.48. The molecule has 1 saturated heterocycles. The normalized spacial score (nSPS) is 14.8. The lowest BCUT2D eigenvalue weighted by atomic mass is 10.1. The highest BCUT2D eigenvalue weighted by atomic mass is 19.4. The number of anilines is 1. The van der Waals surface area contributed by atoms with Crippen LogP contribution in [-0.2, 0) is 12.7 Å². The molecule has 2 aromatic carbocycles. The lowest BCUT2D eigenvalue weighted by Gasteiger charge is -2.36. The van der Waals surface area contributed by atoms with Crippen molar-refractivity contribution in [3.05, 3.63) is 83.7 Å². The van der Waals surface area contributed by atoms with Crippen molar-refractivity contribution in [3.63, 3.8) is 0 Å². The number of benzene rings is 2. The van der Waals surface area contributed by atoms with Crippen LogP contribution < -0.4 is 4.90 Å². The van der Waals surface area contributed by atoms with Crippen LogP contribution in [0.3, 0.4) is 0 Å². The molecule has 8 heteroatoms. The third kappa shape index (κ3) is 4.48. The van der Waals surface area contributed by atoms with E-state index in [-0.39, 0.29) is 5.91 Å². The summed E-state index contributed by atoms with van der Waals surface area (Å²) in [6, 6.07) is 15.1. The van der Waals surface area contributed by atoms with Crippen molar-refractivity contribution < 1.29 is 18.0 Å². The van der Waals surface area contributed by atoms with E-state index in [2.05, 4.69) is 5.10 Å². The van der Waals surface area contributed by atoms with Crippen molar-refractivity contribution in [2.45, 2.75) is 12.7 Å². The van der Waals surface area contributed by atoms with E-state index in [1.54, 1.807) is 28.0 Å². The number of rotatable bonds is 4. The summed E-state index contributed by atoms with van der Waals surface area (Å²) in [6.07, 6.45) is -1.08. The summed E-state index contributed by atoms with van der Waals surface area (Å²) in [4.78, 5) is 16.4. The van der Waals surface area contributed by atoms with Crippen LogP contribution in [-0.4, -0.2) is 46.8 Å². The molecule has 3 aromatic rings. The molecule has 0 spiro atoms. The summed E-state index contributed by atoms with van der Waals surface area (Å²) in [5, 5.41) is 4.27. The van der Waals surface area contributed by atoms with Gasteiger partial charge < -0.3 is 9.80 Å². The SMILES string of the molecule is O=C(c1cnn(Cc2ccccc2)c1)N1CCN(c2cccc(C(F)(F)F)c2)CC1. The van der Waals surface area contributed by atoms with Crippen molar-refractivity contribution >= 4 is 11.6 Å². The molecule has 2 heterocycles. The van der Waals surface area contributed by atoms with Crippen LogP contribution in [0.25, 0.3) is 0 Å². The van der Waals surface area contributed by atoms with Gasteiger partial charge in [0.25, 0.3) is 5.91 Å². The van der Waals surface area contributed by atoms with Crippen LogP contribution in [0.1, 0.15) is 21.5 Å². The number of hydrogen-bond donors (Lipinski definition) is 0. The number of amides is 1. The third-order valence-corrected chi connectivity index (χ3v) is 5.17. The van der Waals surface area contributed by atoms with Crippen LogP contribution >= 0.6 is 0 Å². The maximum atomic E-state index is 13.0. The molecule has 1 amide bonds. The van der Waals surface area contributed by atoms with Crippen molar-refractivity contribution in [3.8, 4) is 0 Å². The van der Waals surface area contributed by atoms with E-state index in [1.165, 1.54) is 6.07 Å². The minimum atomic E-state index is -4.37. The van der Waals surface area contributed by atoms with E-state index in [9.17, 15) is 18.0 Å². The molecule has 0 aliphatic carbocycles. The van der Waals surface area contributed by atoms with Crippen LogP contribution in [0, 0.1) is 0 Å². The minimum Gasteiger partial charge on any atom is -0.368 e. The summed E-state index contributed by atoms with van der Waals surface area (Å²) in [6.45, 7) is 2.42. The first-order valence-corrected chi connectivity index (χ1v) is 9.68. The number of carbonyl (C=O) groups is 1. The summed E-state index contributed by atoms with van der Waals surface area (Å²) < 4.78 is 40.6. The molecule has 0 unspecified atom stereocenters. The predicted molar refractivity (Wildman–Crippen MR) is 107 cm³/mol. The Labute approximate surface area is 172 Å². The quantitative estimate of drug-likeness (QED) is 0.650. The highest BCUT2D eigenvalue weighted by Crippen LogP contribution is 2.31. The van der Waals surface area contributed by atoms with Gasteiger partial charge in [-0.3, -0.25) is 9.48 Å². The second-order valence-electron chi connectivity index (χ2n) is 7.24. The lowest BCUT2D eigenvalue weighted by molar-refractivity contribution is -0.137. The minimum absolute atomic E-state index is 0.113. The standard InChI is InChI=1S/C22H21F3N4O/c23-22(24,25)19-7-4-8-20(13-19)27-9-11-28(12-10-27)21(30)18-14-26-29(16-18)15-17-5-2-1-3-6-17/h1-8,13-14,16H,9-12,15H2. The van der Waals surface area contributed by atoms with Crippen molar-refractivity contribution in [1.82, 2.24) is 14.7 Å². The molecule has 0 atom stereocenters. The average Bonchev–Trinajstić information content (AvgIpc) is 3.22. The van der Waals surface area contributed by atoms with Gasteiger partial charge in [-0.05, 0) is 23.8 Å². The Hall–Kier alpha value is -3.29. The van der Waals surface area contributed by atoms with Crippen molar-refractivity contribution in [1.29, 1.82) is 0 Å². The maximum absolute atomic E-state index is 13.0. The fourth-order valence-corrected chi connectivity index (χ4v) is 3.56. The van der Waals surface area contributed by atoms with Crippen LogP contribution in [0.5, 0.6) is 0 Å². The van der Waals surface area contributed by atoms with E-state index in [4.69, 9.17) is 0 Å². The van der Waals surface area contributed by atoms with Crippen LogP contribution in [0.15, 0.2) is 67.0 Å². The van der Waals surface area contributed by atoms with Gasteiger partial charge in [0.15, 0.2) is 0 Å². The van der Waals surface area contributed by atoms with Gasteiger partial charge in [-0.25, -0.2) is 0 Å². The van der Waals surface area contributed by atoms with Crippen molar-refractivity contribution in [2.24, 2.45) is 0 Å². The molecule has 0 saturated carbocycles. The second kappa shape index (κ2) is 8.22. The smallest absolute Gasteiger partial charge is 0.368 e. The fourth-order valence-electron chi connectivity index (χ4n) is 3.56. The van der Waals surface area contributed by atoms with E-state index in [0.29, 0.717) is 44.0 Å². The van der Waals surface area contributed by atoms with Gasteiger partial charge >= 0.3 is 6.18 Å². The molecule has 1 aromatic heterocycles. The number of carbonyl (C=O) groups excluding carboxylic acids is 1. The molecule has 0 N–H and O–H groups in total. The van der Waals surface area contributed by atoms with Crippen LogP contribution in [0.2, 0.25) is 0 Å². The van der Waals surface area contributed by atoms with Gasteiger partial charge in [0.2, 0.25) is 0 Å². The molecule has 1 fully saturated rings. The van der Waals surface area contributed by atoms with Gasteiger partial charge in [-0.1, -0.05) is 36.4 Å². The number of hydrogen-bond acceptors (Lipinski definition) is 3. The van der Waals surface area contributed by atoms with E-state index in [1.807, 2.05) is 35.2 Å². The molecule has 0 radical (unpaired) electrons. The Balaban J connectivity index is 1.37. The van der Waals surface area contributed by atoms with Crippen LogP contribution in [0.4, 0.5) is 18.9 Å². The first kappa shape index (κ1) is 20.0. The Kier molecular flexibility index (Phi) is 5.48. The number of nitrogens with zero attached hydrogens (tertiary/aromatic N) is 4. The molecular formula is C22H21F3N4O. The predicted octanol–water partition coefficient (Wildman–Crippen LogP) is 3.91. The summed E-state index contributed by atoms with van der Waals surface area (Å²) in [5.41, 5.74) is 1.46. The molecular weight excluding hydrogens is 393 g/mol. The molecule has 1 aliphatic rings. The van der Waals surface area contributed by atoms with E-state index >= 15 is 0 Å². The number of halogens is 3. The Morgan fingerprint density at radius 1 is 0.967 bits per heavy atom. The monoisotopic (exact) mass is 414 g/mol. The van der Waals surface area contributed by atoms with E-state index < -0.39 is 11.7 Å². The highest BCUT2D eigenvalue weighted by molar-refractivity contribution is 5.93. The fraction of sp³-hybridized carbons (Fsp3) is 0.273. The maximum Gasteiger partial charge on any atom is 0.416 e. The summed E-state index contributed by atoms with van der Waals surface area (Å²) in [5.74, 6) is -0.113. The molecule has 0 bridgehead atoms. The van der Waals surface area contributed by atoms with Gasteiger partial charge in [-0.15, -0.1) is 0 Å². The van der Waals surface area contributed by atoms with E-state index in [0.717, 1.165) is 17.7 Å². The first-order chi connectivity index (χ1) is 14.4. The van der Waals surface area contributed by atoms with Gasteiger partial charge in [0.05, 0.1) is 23.9 Å². The van der Waals surface area contributed by atoms with Gasteiger partial charge in [0.1, 0.15) is 0 Å². The average molecular weight is 414 g/mol. The third-order valence-electron chi connectivity index (χ3n) is 5.17. The zero-order chi connectivity index (χ0) is 21.1. The zero-order valence-corrected chi connectivity index (χ0v) is 16.2.